The highest BCUT2D eigenvalue weighted by atomic mass is 16.6. The molecule has 1 saturated heterocycles. The molecule has 25 heavy (non-hydrogen) atoms. The number of hydrogen-bond acceptors (Lipinski definition) is 3. The summed E-state index contributed by atoms with van der Waals surface area (Å²) < 4.78 is 5.66. The fraction of sp³-hybridized carbons (Fsp3) is 0.591. The number of allylic oxidation sites excluding steroid dienone is 6. The second kappa shape index (κ2) is 14.7. The van der Waals surface area contributed by atoms with Crippen molar-refractivity contribution in [2.45, 2.75) is 83.3 Å². The maximum Gasteiger partial charge on any atom is 0.0879 e. The molecule has 1 heterocycles. The van der Waals surface area contributed by atoms with E-state index in [1.807, 2.05) is 0 Å². The van der Waals surface area contributed by atoms with Gasteiger partial charge in [-0.15, -0.1) is 0 Å². The molecule has 0 spiro atoms. The number of epoxide rings is 1. The number of rotatable bonds is 15. The molecule has 2 unspecified atom stereocenters. The van der Waals surface area contributed by atoms with E-state index in [-0.39, 0.29) is 6.42 Å². The summed E-state index contributed by atoms with van der Waals surface area (Å²) in [5, 5.41) is 10.3. The van der Waals surface area contributed by atoms with E-state index in [4.69, 9.17) is 4.74 Å². The van der Waals surface area contributed by atoms with Crippen molar-refractivity contribution in [1.29, 1.82) is 0 Å². The molecule has 0 saturated carbocycles. The van der Waals surface area contributed by atoms with E-state index in [0.717, 1.165) is 57.8 Å². The van der Waals surface area contributed by atoms with Crippen molar-refractivity contribution in [1.82, 2.24) is 0 Å². The molecule has 140 valence electrons. The van der Waals surface area contributed by atoms with Crippen LogP contribution in [0, 0.1) is 0 Å². The number of hydrogen-bond donors (Lipinski definition) is 0. The third-order valence-corrected chi connectivity index (χ3v) is 4.12. The molecule has 0 N–H and O–H groups in total. The standard InChI is InChI=1S/C22H34O3/c1-2-3-4-5-6-7-8-11-14-17-20-21(25-20)18-15-12-9-10-13-16-19-22(23)24/h3-4,6-7,11-12,14-15,20-21H,2,5,8-10,13,16-19H2,1H3,(H,23,24)/p-1/b4-3-,7-6-,14-11-,15-12-. The van der Waals surface area contributed by atoms with Gasteiger partial charge in [0.25, 0.3) is 0 Å². The van der Waals surface area contributed by atoms with Crippen molar-refractivity contribution in [2.75, 3.05) is 0 Å². The zero-order valence-electron chi connectivity index (χ0n) is 15.6. The Hall–Kier alpha value is -1.61. The van der Waals surface area contributed by atoms with Crippen LogP contribution in [0.4, 0.5) is 0 Å². The van der Waals surface area contributed by atoms with E-state index in [0.29, 0.717) is 12.2 Å². The Morgan fingerprint density at radius 2 is 1.44 bits per heavy atom. The van der Waals surface area contributed by atoms with Crippen molar-refractivity contribution >= 4 is 5.97 Å². The average Bonchev–Trinajstić information content (AvgIpc) is 3.34. The maximum atomic E-state index is 10.3. The first-order chi connectivity index (χ1) is 12.2. The molecule has 0 radical (unpaired) electrons. The van der Waals surface area contributed by atoms with Crippen LogP contribution in [0.3, 0.4) is 0 Å². The Morgan fingerprint density at radius 1 is 0.840 bits per heavy atom. The average molecular weight is 346 g/mol. The lowest BCUT2D eigenvalue weighted by molar-refractivity contribution is -0.305. The molecule has 1 aliphatic heterocycles. The van der Waals surface area contributed by atoms with Gasteiger partial charge < -0.3 is 14.6 Å². The highest BCUT2D eigenvalue weighted by Crippen LogP contribution is 2.29. The number of ether oxygens (including phenoxy) is 1. The van der Waals surface area contributed by atoms with Crippen molar-refractivity contribution < 1.29 is 14.6 Å². The van der Waals surface area contributed by atoms with Gasteiger partial charge >= 0.3 is 0 Å². The van der Waals surface area contributed by atoms with Gasteiger partial charge in [0.1, 0.15) is 0 Å². The Labute approximate surface area is 153 Å². The van der Waals surface area contributed by atoms with Crippen LogP contribution in [0.1, 0.15) is 71.1 Å². The molecule has 0 aromatic heterocycles. The van der Waals surface area contributed by atoms with Gasteiger partial charge in [-0.1, -0.05) is 62.0 Å². The van der Waals surface area contributed by atoms with Crippen LogP contribution in [-0.2, 0) is 9.53 Å². The first-order valence-corrected chi connectivity index (χ1v) is 9.69. The molecular weight excluding hydrogens is 312 g/mol. The van der Waals surface area contributed by atoms with E-state index in [9.17, 15) is 9.90 Å². The van der Waals surface area contributed by atoms with Gasteiger partial charge in [0, 0.05) is 5.97 Å². The van der Waals surface area contributed by atoms with Gasteiger partial charge in [0.05, 0.1) is 12.2 Å². The lowest BCUT2D eigenvalue weighted by atomic mass is 10.1. The summed E-state index contributed by atoms with van der Waals surface area (Å²) >= 11 is 0. The van der Waals surface area contributed by atoms with Gasteiger partial charge in [0.2, 0.25) is 0 Å². The Kier molecular flexibility index (Phi) is 12.6. The largest absolute Gasteiger partial charge is 0.550 e. The van der Waals surface area contributed by atoms with E-state index >= 15 is 0 Å². The Morgan fingerprint density at radius 3 is 2.08 bits per heavy atom. The zero-order chi connectivity index (χ0) is 18.2. The predicted octanol–water partition coefficient (Wildman–Crippen LogP) is 4.65. The molecule has 0 amide bonds. The van der Waals surface area contributed by atoms with E-state index in [1.165, 1.54) is 0 Å². The van der Waals surface area contributed by atoms with Crippen LogP contribution in [-0.4, -0.2) is 18.2 Å². The number of carboxylic acid groups (broad SMARTS) is 1. The molecule has 2 atom stereocenters. The fourth-order valence-electron chi connectivity index (χ4n) is 2.59. The van der Waals surface area contributed by atoms with Crippen LogP contribution in [0.5, 0.6) is 0 Å². The molecule has 3 nitrogen and oxygen atoms in total. The van der Waals surface area contributed by atoms with Gasteiger partial charge in [0.15, 0.2) is 0 Å². The van der Waals surface area contributed by atoms with E-state index in [1.54, 1.807) is 0 Å². The molecule has 0 bridgehead atoms. The number of carbonyl (C=O) groups excluding carboxylic acids is 1. The summed E-state index contributed by atoms with van der Waals surface area (Å²) in [7, 11) is 0. The zero-order valence-corrected chi connectivity index (χ0v) is 15.6. The molecule has 0 aromatic rings. The Bertz CT molecular complexity index is 460. The number of carboxylic acids is 1. The lowest BCUT2D eigenvalue weighted by Gasteiger charge is -1.99. The summed E-state index contributed by atoms with van der Waals surface area (Å²) in [6.07, 6.45) is 27.4. The maximum absolute atomic E-state index is 10.3. The van der Waals surface area contributed by atoms with Crippen LogP contribution in [0.15, 0.2) is 48.6 Å². The van der Waals surface area contributed by atoms with Crippen LogP contribution >= 0.6 is 0 Å². The van der Waals surface area contributed by atoms with Gasteiger partial charge in [-0.2, -0.15) is 0 Å². The molecule has 3 heteroatoms. The van der Waals surface area contributed by atoms with Crippen molar-refractivity contribution in [3.8, 4) is 0 Å². The van der Waals surface area contributed by atoms with E-state index < -0.39 is 5.97 Å². The molecule has 0 aliphatic carbocycles. The third-order valence-electron chi connectivity index (χ3n) is 4.12. The number of unbranched alkanes of at least 4 members (excludes halogenated alkanes) is 3. The normalized spacial score (nSPS) is 20.5. The molecule has 1 aliphatic rings. The first kappa shape index (κ1) is 21.4. The minimum atomic E-state index is -0.943. The minimum absolute atomic E-state index is 0.181. The summed E-state index contributed by atoms with van der Waals surface area (Å²) in [6, 6.07) is 0. The highest BCUT2D eigenvalue weighted by molar-refractivity contribution is 5.64. The fourth-order valence-corrected chi connectivity index (χ4v) is 2.59. The van der Waals surface area contributed by atoms with Gasteiger partial charge in [-0.05, 0) is 57.8 Å². The van der Waals surface area contributed by atoms with Crippen LogP contribution in [0.2, 0.25) is 0 Å². The van der Waals surface area contributed by atoms with Gasteiger partial charge in [-0.3, -0.25) is 0 Å². The van der Waals surface area contributed by atoms with Crippen LogP contribution < -0.4 is 5.11 Å². The lowest BCUT2D eigenvalue weighted by Crippen LogP contribution is -2.21. The predicted molar refractivity (Wildman–Crippen MR) is 102 cm³/mol. The highest BCUT2D eigenvalue weighted by Gasteiger charge is 2.35. The summed E-state index contributed by atoms with van der Waals surface area (Å²) in [4.78, 5) is 10.3. The van der Waals surface area contributed by atoms with Crippen molar-refractivity contribution in [2.24, 2.45) is 0 Å². The number of aliphatic carboxylic acids is 1. The summed E-state index contributed by atoms with van der Waals surface area (Å²) in [5.74, 6) is -0.943. The quantitative estimate of drug-likeness (QED) is 0.247. The number of carbonyl (C=O) groups is 1. The second-order valence-corrected chi connectivity index (χ2v) is 6.42. The van der Waals surface area contributed by atoms with Crippen molar-refractivity contribution in [3.63, 3.8) is 0 Å². The third kappa shape index (κ3) is 13.4. The molecule has 1 rings (SSSR count). The smallest absolute Gasteiger partial charge is 0.0879 e. The molecule has 0 aromatic carbocycles. The summed E-state index contributed by atoms with van der Waals surface area (Å²) in [5.41, 5.74) is 0. The SMILES string of the molecule is CC/C=C\C/C=C\C/C=C\CC1OC1C/C=C\CCCCCC(=O)[O-]. The molecular formula is C22H33O3-. The Balaban J connectivity index is 1.92. The second-order valence-electron chi connectivity index (χ2n) is 6.42. The summed E-state index contributed by atoms with van der Waals surface area (Å²) in [6.45, 7) is 2.15. The topological polar surface area (TPSA) is 52.7 Å². The minimum Gasteiger partial charge on any atom is -0.550 e. The first-order valence-electron chi connectivity index (χ1n) is 9.69. The van der Waals surface area contributed by atoms with E-state index in [2.05, 4.69) is 55.5 Å². The monoisotopic (exact) mass is 345 g/mol. The molecule has 1 fully saturated rings. The van der Waals surface area contributed by atoms with Gasteiger partial charge in [-0.25, -0.2) is 0 Å². The van der Waals surface area contributed by atoms with Crippen molar-refractivity contribution in [3.05, 3.63) is 48.6 Å². The van der Waals surface area contributed by atoms with Crippen LogP contribution in [0.25, 0.3) is 0 Å².